The van der Waals surface area contributed by atoms with Gasteiger partial charge in [-0.05, 0) is 37.0 Å². The number of nitrogens with zero attached hydrogens (tertiary/aromatic N) is 2. The molecule has 4 heteroatoms. The van der Waals surface area contributed by atoms with E-state index in [2.05, 4.69) is 62.4 Å². The summed E-state index contributed by atoms with van der Waals surface area (Å²) >= 11 is 0. The molecule has 0 fully saturated rings. The summed E-state index contributed by atoms with van der Waals surface area (Å²) in [4.78, 5) is 0. The number of benzene rings is 1. The highest BCUT2D eigenvalue weighted by molar-refractivity contribution is 5.71. The molecule has 0 unspecified atom stereocenters. The summed E-state index contributed by atoms with van der Waals surface area (Å²) in [7, 11) is 0. The zero-order valence-electron chi connectivity index (χ0n) is 13.0. The van der Waals surface area contributed by atoms with Crippen LogP contribution in [0.1, 0.15) is 39.0 Å². The summed E-state index contributed by atoms with van der Waals surface area (Å²) in [5.41, 5.74) is 10.2. The molecule has 0 spiro atoms. The molecule has 0 amide bonds. The minimum Gasteiger partial charge on any atom is -0.394 e. The van der Waals surface area contributed by atoms with Gasteiger partial charge in [0.25, 0.3) is 0 Å². The van der Waals surface area contributed by atoms with Gasteiger partial charge in [0, 0.05) is 12.2 Å². The Morgan fingerprint density at radius 1 is 1.20 bits per heavy atom. The molecular formula is C16H24N4. The molecule has 108 valence electrons. The van der Waals surface area contributed by atoms with Crippen molar-refractivity contribution >= 4 is 17.2 Å². The van der Waals surface area contributed by atoms with Crippen molar-refractivity contribution in [1.82, 2.24) is 9.78 Å². The summed E-state index contributed by atoms with van der Waals surface area (Å²) < 4.78 is 1.89. The normalized spacial score (nSPS) is 11.7. The van der Waals surface area contributed by atoms with Crippen LogP contribution in [0.5, 0.6) is 0 Å². The van der Waals surface area contributed by atoms with Crippen LogP contribution in [0, 0.1) is 6.92 Å². The first-order chi connectivity index (χ1) is 9.32. The zero-order valence-corrected chi connectivity index (χ0v) is 13.0. The van der Waals surface area contributed by atoms with E-state index in [-0.39, 0.29) is 5.41 Å². The quantitative estimate of drug-likeness (QED) is 0.892. The van der Waals surface area contributed by atoms with Gasteiger partial charge in [-0.1, -0.05) is 32.9 Å². The van der Waals surface area contributed by atoms with Gasteiger partial charge in [0.05, 0.1) is 11.4 Å². The highest BCUT2D eigenvalue weighted by Crippen LogP contribution is 2.28. The third-order valence-electron chi connectivity index (χ3n) is 3.49. The summed E-state index contributed by atoms with van der Waals surface area (Å²) in [6, 6.07) is 8.47. The molecule has 0 radical (unpaired) electrons. The fourth-order valence-corrected chi connectivity index (χ4v) is 2.15. The number of aromatic nitrogens is 2. The van der Waals surface area contributed by atoms with E-state index in [9.17, 15) is 0 Å². The molecule has 0 atom stereocenters. The van der Waals surface area contributed by atoms with E-state index in [0.29, 0.717) is 5.69 Å². The first kappa shape index (κ1) is 14.4. The van der Waals surface area contributed by atoms with Gasteiger partial charge in [0.2, 0.25) is 0 Å². The number of rotatable bonds is 3. The lowest BCUT2D eigenvalue weighted by Crippen LogP contribution is -2.10. The van der Waals surface area contributed by atoms with Crippen molar-refractivity contribution in [3.8, 4) is 0 Å². The molecular weight excluding hydrogens is 248 g/mol. The lowest BCUT2D eigenvalue weighted by molar-refractivity contribution is 0.590. The number of anilines is 3. The molecule has 1 aromatic heterocycles. The van der Waals surface area contributed by atoms with E-state index in [0.717, 1.165) is 23.7 Å². The largest absolute Gasteiger partial charge is 0.394 e. The average molecular weight is 272 g/mol. The molecule has 2 rings (SSSR count). The van der Waals surface area contributed by atoms with Gasteiger partial charge in [-0.2, -0.15) is 5.10 Å². The topological polar surface area (TPSA) is 55.9 Å². The van der Waals surface area contributed by atoms with Crippen LogP contribution in [0.2, 0.25) is 0 Å². The van der Waals surface area contributed by atoms with E-state index in [1.54, 1.807) is 0 Å². The summed E-state index contributed by atoms with van der Waals surface area (Å²) in [5.74, 6) is 0.869. The van der Waals surface area contributed by atoms with Crippen LogP contribution in [-0.4, -0.2) is 9.78 Å². The lowest BCUT2D eigenvalue weighted by Gasteiger charge is -2.19. The standard InChI is InChI=1S/C16H24N4/c1-6-20-15(14(17)11(2)19-20)18-13-9-7-12(8-10-13)16(3,4)5/h7-10,18H,6,17H2,1-5H3. The minimum atomic E-state index is 0.166. The molecule has 0 saturated heterocycles. The Hall–Kier alpha value is -1.97. The molecule has 0 aliphatic rings. The van der Waals surface area contributed by atoms with Crippen LogP contribution in [0.25, 0.3) is 0 Å². The maximum absolute atomic E-state index is 6.08. The number of hydrogen-bond donors (Lipinski definition) is 2. The van der Waals surface area contributed by atoms with E-state index in [1.165, 1.54) is 5.56 Å². The first-order valence-electron chi connectivity index (χ1n) is 7.03. The molecule has 0 saturated carbocycles. The van der Waals surface area contributed by atoms with Crippen molar-refractivity contribution in [2.75, 3.05) is 11.1 Å². The van der Waals surface area contributed by atoms with Crippen LogP contribution in [-0.2, 0) is 12.0 Å². The van der Waals surface area contributed by atoms with Crippen molar-refractivity contribution in [3.63, 3.8) is 0 Å². The molecule has 0 aliphatic carbocycles. The van der Waals surface area contributed by atoms with Crippen LogP contribution >= 0.6 is 0 Å². The van der Waals surface area contributed by atoms with E-state index >= 15 is 0 Å². The SMILES string of the molecule is CCn1nc(C)c(N)c1Nc1ccc(C(C)(C)C)cc1. The minimum absolute atomic E-state index is 0.166. The summed E-state index contributed by atoms with van der Waals surface area (Å²) in [6.45, 7) is 11.4. The Bertz CT molecular complexity index is 588. The van der Waals surface area contributed by atoms with Crippen molar-refractivity contribution in [3.05, 3.63) is 35.5 Å². The van der Waals surface area contributed by atoms with Crippen molar-refractivity contribution in [2.24, 2.45) is 0 Å². The predicted molar refractivity (Wildman–Crippen MR) is 85.5 cm³/mol. The van der Waals surface area contributed by atoms with Gasteiger partial charge in [-0.15, -0.1) is 0 Å². The predicted octanol–water partition coefficient (Wildman–Crippen LogP) is 3.83. The maximum Gasteiger partial charge on any atom is 0.152 e. The van der Waals surface area contributed by atoms with Crippen LogP contribution in [0.3, 0.4) is 0 Å². The number of hydrogen-bond acceptors (Lipinski definition) is 3. The number of nitrogen functional groups attached to an aromatic ring is 1. The molecule has 3 N–H and O–H groups in total. The van der Waals surface area contributed by atoms with Gasteiger partial charge >= 0.3 is 0 Å². The average Bonchev–Trinajstić information content (AvgIpc) is 2.66. The fraction of sp³-hybridized carbons (Fsp3) is 0.438. The Kier molecular flexibility index (Phi) is 3.75. The molecule has 2 aromatic rings. The summed E-state index contributed by atoms with van der Waals surface area (Å²) in [6.07, 6.45) is 0. The van der Waals surface area contributed by atoms with E-state index < -0.39 is 0 Å². The van der Waals surface area contributed by atoms with Crippen molar-refractivity contribution < 1.29 is 0 Å². The maximum atomic E-state index is 6.08. The van der Waals surface area contributed by atoms with Gasteiger partial charge in [-0.25, -0.2) is 4.68 Å². The van der Waals surface area contributed by atoms with Crippen LogP contribution in [0.15, 0.2) is 24.3 Å². The number of nitrogens with one attached hydrogen (secondary N) is 1. The van der Waals surface area contributed by atoms with Gasteiger partial charge in [0.15, 0.2) is 5.82 Å². The van der Waals surface area contributed by atoms with E-state index in [1.807, 2.05) is 11.6 Å². The highest BCUT2D eigenvalue weighted by atomic mass is 15.3. The molecule has 4 nitrogen and oxygen atoms in total. The molecule has 0 bridgehead atoms. The molecule has 1 aromatic carbocycles. The second kappa shape index (κ2) is 5.19. The summed E-state index contributed by atoms with van der Waals surface area (Å²) in [5, 5.41) is 7.78. The molecule has 1 heterocycles. The van der Waals surface area contributed by atoms with Gasteiger partial charge < -0.3 is 11.1 Å². The van der Waals surface area contributed by atoms with Crippen molar-refractivity contribution in [1.29, 1.82) is 0 Å². The monoisotopic (exact) mass is 272 g/mol. The Morgan fingerprint density at radius 2 is 1.80 bits per heavy atom. The fourth-order valence-electron chi connectivity index (χ4n) is 2.15. The van der Waals surface area contributed by atoms with Crippen LogP contribution < -0.4 is 11.1 Å². The Labute approximate surface area is 121 Å². The van der Waals surface area contributed by atoms with Gasteiger partial charge in [0.1, 0.15) is 0 Å². The third-order valence-corrected chi connectivity index (χ3v) is 3.49. The highest BCUT2D eigenvalue weighted by Gasteiger charge is 2.14. The third kappa shape index (κ3) is 2.79. The molecule has 0 aliphatic heterocycles. The second-order valence-electron chi connectivity index (χ2n) is 6.12. The van der Waals surface area contributed by atoms with Crippen LogP contribution in [0.4, 0.5) is 17.2 Å². The Balaban J connectivity index is 2.27. The Morgan fingerprint density at radius 3 is 2.30 bits per heavy atom. The molecule has 20 heavy (non-hydrogen) atoms. The number of aryl methyl sites for hydroxylation is 2. The van der Waals surface area contributed by atoms with Crippen molar-refractivity contribution in [2.45, 2.75) is 46.6 Å². The number of nitrogens with two attached hydrogens (primary N) is 1. The van der Waals surface area contributed by atoms with Gasteiger partial charge in [-0.3, -0.25) is 0 Å². The zero-order chi connectivity index (χ0) is 14.9. The smallest absolute Gasteiger partial charge is 0.152 e. The first-order valence-corrected chi connectivity index (χ1v) is 7.03. The van der Waals surface area contributed by atoms with E-state index in [4.69, 9.17) is 5.73 Å². The second-order valence-corrected chi connectivity index (χ2v) is 6.12. The lowest BCUT2D eigenvalue weighted by atomic mass is 9.87.